The topological polar surface area (TPSA) is 284 Å². The Morgan fingerprint density at radius 2 is 1.26 bits per heavy atom. The van der Waals surface area contributed by atoms with Crippen LogP contribution >= 0.6 is 0 Å². The summed E-state index contributed by atoms with van der Waals surface area (Å²) in [5, 5.41) is 60.1. The van der Waals surface area contributed by atoms with Gasteiger partial charge in [-0.3, -0.25) is 9.44 Å². The van der Waals surface area contributed by atoms with Gasteiger partial charge < -0.3 is 4.90 Å². The molecule has 0 bridgehead atoms. The van der Waals surface area contributed by atoms with Crippen LogP contribution in [-0.2, 0) is 30.1 Å². The molecule has 1 aliphatic carbocycles. The van der Waals surface area contributed by atoms with Gasteiger partial charge in [-0.25, -0.2) is 30.0 Å². The van der Waals surface area contributed by atoms with E-state index in [0.717, 1.165) is 29.9 Å². The Bertz CT molecular complexity index is 3120. The highest BCUT2D eigenvalue weighted by molar-refractivity contribution is 7.92. The molecule has 0 aliphatic heterocycles. The van der Waals surface area contributed by atoms with E-state index in [9.17, 15) is 56.8 Å². The van der Waals surface area contributed by atoms with Crippen LogP contribution in [0.3, 0.4) is 0 Å². The van der Waals surface area contributed by atoms with Crippen LogP contribution in [0.4, 0.5) is 17.1 Å². The maximum Gasteiger partial charge on any atom is 0.229 e. The van der Waals surface area contributed by atoms with Gasteiger partial charge in [0.15, 0.2) is 5.92 Å². The fourth-order valence-corrected chi connectivity index (χ4v) is 8.24. The number of benzene rings is 3. The number of nitrogens with zero attached hydrogens (tertiary/aromatic N) is 7. The standard InChI is InChI=1S/C46H40N10O6S3/c1-63(57,58)53-25-26-56(43-13-5-4-6-14-43)46-35(9-7-11-37(27-47)44(39(29-49)30-50)33-17-21-41(22-18-33)54-64(2,59)60)15-16-36(46)10-8-12-38(28-48)45(40(31-51)32-52)34-19-23-42(24-20-34)55-65(3,61)62/h4-14,17-24,39,53-55H,15-16,25-26H2,1-3H3. The predicted molar refractivity (Wildman–Crippen MR) is 248 cm³/mol. The Balaban J connectivity index is 1.90. The van der Waals surface area contributed by atoms with E-state index in [-0.39, 0.29) is 52.3 Å². The Morgan fingerprint density at radius 3 is 1.75 bits per heavy atom. The smallest absolute Gasteiger partial charge is 0.229 e. The highest BCUT2D eigenvalue weighted by Gasteiger charge is 2.25. The minimum absolute atomic E-state index is 0.00637. The van der Waals surface area contributed by atoms with Crippen LogP contribution in [0.25, 0.3) is 11.1 Å². The van der Waals surface area contributed by atoms with Crippen LogP contribution in [0.5, 0.6) is 0 Å². The molecule has 0 fully saturated rings. The van der Waals surface area contributed by atoms with Crippen LogP contribution in [0, 0.1) is 73.9 Å². The Morgan fingerprint density at radius 1 is 0.692 bits per heavy atom. The minimum atomic E-state index is -3.59. The van der Waals surface area contributed by atoms with E-state index in [2.05, 4.69) is 26.3 Å². The zero-order chi connectivity index (χ0) is 47.8. The van der Waals surface area contributed by atoms with Crippen LogP contribution < -0.4 is 19.1 Å². The molecular formula is C46H40N10O6S3. The van der Waals surface area contributed by atoms with Gasteiger partial charge in [0.25, 0.3) is 0 Å². The van der Waals surface area contributed by atoms with E-state index >= 15 is 0 Å². The molecule has 0 saturated carbocycles. The monoisotopic (exact) mass is 924 g/mol. The summed E-state index contributed by atoms with van der Waals surface area (Å²) in [7, 11) is -10.8. The summed E-state index contributed by atoms with van der Waals surface area (Å²) in [5.41, 5.74) is 3.71. The summed E-state index contributed by atoms with van der Waals surface area (Å²) in [4.78, 5) is 1.92. The number of nitrogens with one attached hydrogen (secondary N) is 3. The first-order chi connectivity index (χ1) is 30.8. The molecule has 0 unspecified atom stereocenters. The second-order valence-electron chi connectivity index (χ2n) is 14.1. The number of anilines is 3. The van der Waals surface area contributed by atoms with Gasteiger partial charge in [-0.05, 0) is 83.7 Å². The number of allylic oxidation sites excluding steroid dienone is 13. The molecular weight excluding hydrogens is 885 g/mol. The molecule has 0 atom stereocenters. The molecule has 328 valence electrons. The molecule has 1 aliphatic rings. The van der Waals surface area contributed by atoms with Gasteiger partial charge >= 0.3 is 0 Å². The predicted octanol–water partition coefficient (Wildman–Crippen LogP) is 6.46. The van der Waals surface area contributed by atoms with Gasteiger partial charge in [-0.2, -0.15) is 31.6 Å². The molecule has 19 heteroatoms. The molecule has 3 aromatic rings. The lowest BCUT2D eigenvalue weighted by molar-refractivity contribution is 0.587. The van der Waals surface area contributed by atoms with Crippen molar-refractivity contribution in [2.75, 3.05) is 46.2 Å². The average molecular weight is 925 g/mol. The van der Waals surface area contributed by atoms with E-state index in [4.69, 9.17) is 0 Å². The number of sulfonamides is 3. The average Bonchev–Trinajstić information content (AvgIpc) is 3.65. The summed E-state index contributed by atoms with van der Waals surface area (Å²) in [6.07, 6.45) is 13.5. The molecule has 65 heavy (non-hydrogen) atoms. The van der Waals surface area contributed by atoms with Crippen LogP contribution in [0.15, 0.2) is 149 Å². The lowest BCUT2D eigenvalue weighted by atomic mass is 9.90. The SMILES string of the molecule is CS(=O)(=O)NCCN(C1=C(C=CC=C(C#N)C(=C(C#N)C#N)c2ccc(NS(C)(=O)=O)cc2)CCC1=CC=CC(C#N)=C(c1ccc(NS(C)(=O)=O)cc1)C(C#N)C#N)c1ccccc1. The fraction of sp³-hybridized carbons (Fsp3) is 0.174. The summed E-state index contributed by atoms with van der Waals surface area (Å²) in [6.45, 7) is 0.180. The van der Waals surface area contributed by atoms with Crippen LogP contribution in [-0.4, -0.2) is 57.1 Å². The molecule has 3 N–H and O–H groups in total. The Labute approximate surface area is 379 Å². The summed E-state index contributed by atoms with van der Waals surface area (Å²) < 4.78 is 78.5. The molecule has 0 aromatic heterocycles. The van der Waals surface area contributed by atoms with Gasteiger partial charge in [0.1, 0.15) is 17.7 Å². The largest absolute Gasteiger partial charge is 0.340 e. The molecule has 0 saturated heterocycles. The maximum absolute atomic E-state index is 12.1. The first-order valence-electron chi connectivity index (χ1n) is 19.2. The highest BCUT2D eigenvalue weighted by atomic mass is 32.2. The molecule has 0 radical (unpaired) electrons. The van der Waals surface area contributed by atoms with Crippen molar-refractivity contribution >= 4 is 58.3 Å². The Hall–Kier alpha value is -8.01. The molecule has 3 aromatic carbocycles. The molecule has 4 rings (SSSR count). The summed E-state index contributed by atoms with van der Waals surface area (Å²) >= 11 is 0. The van der Waals surface area contributed by atoms with Gasteiger partial charge in [-0.1, -0.05) is 66.8 Å². The van der Waals surface area contributed by atoms with Crippen molar-refractivity contribution in [3.05, 3.63) is 160 Å². The van der Waals surface area contributed by atoms with Crippen molar-refractivity contribution in [3.63, 3.8) is 0 Å². The molecule has 16 nitrogen and oxygen atoms in total. The van der Waals surface area contributed by atoms with Gasteiger partial charge in [0.2, 0.25) is 30.1 Å². The van der Waals surface area contributed by atoms with Crippen molar-refractivity contribution in [1.82, 2.24) is 4.72 Å². The van der Waals surface area contributed by atoms with Crippen molar-refractivity contribution in [3.8, 4) is 36.4 Å². The van der Waals surface area contributed by atoms with Crippen molar-refractivity contribution in [2.45, 2.75) is 12.8 Å². The van der Waals surface area contributed by atoms with E-state index in [0.29, 0.717) is 35.4 Å². The summed E-state index contributed by atoms with van der Waals surface area (Å²) in [6, 6.07) is 32.5. The first kappa shape index (κ1) is 49.6. The lowest BCUT2D eigenvalue weighted by Gasteiger charge is -2.28. The van der Waals surface area contributed by atoms with Gasteiger partial charge in [-0.15, -0.1) is 0 Å². The molecule has 0 amide bonds. The van der Waals surface area contributed by atoms with Crippen molar-refractivity contribution in [2.24, 2.45) is 5.92 Å². The number of hydrogen-bond donors (Lipinski definition) is 3. The van der Waals surface area contributed by atoms with Crippen LogP contribution in [0.1, 0.15) is 24.0 Å². The second-order valence-corrected chi connectivity index (χ2v) is 19.5. The molecule has 0 spiro atoms. The zero-order valence-corrected chi connectivity index (χ0v) is 37.6. The number of nitriles is 6. The number of para-hydroxylation sites is 1. The fourth-order valence-electron chi connectivity index (χ4n) is 6.65. The van der Waals surface area contributed by atoms with E-state index < -0.39 is 36.0 Å². The summed E-state index contributed by atoms with van der Waals surface area (Å²) in [5.74, 6) is -1.36. The normalized spacial score (nSPS) is 14.1. The molecule has 0 heterocycles. The Kier molecular flexibility index (Phi) is 17.1. The number of hydrogen-bond acceptors (Lipinski definition) is 13. The van der Waals surface area contributed by atoms with Crippen molar-refractivity contribution < 1.29 is 25.3 Å². The zero-order valence-electron chi connectivity index (χ0n) is 35.2. The van der Waals surface area contributed by atoms with Gasteiger partial charge in [0, 0.05) is 47.0 Å². The third kappa shape index (κ3) is 14.5. The minimum Gasteiger partial charge on any atom is -0.340 e. The van der Waals surface area contributed by atoms with E-state index in [1.807, 2.05) is 59.5 Å². The van der Waals surface area contributed by atoms with E-state index in [1.54, 1.807) is 24.3 Å². The third-order valence-corrected chi connectivity index (χ3v) is 11.2. The maximum atomic E-state index is 12.1. The van der Waals surface area contributed by atoms with Gasteiger partial charge in [0.05, 0.1) is 54.2 Å². The number of rotatable bonds is 18. The quantitative estimate of drug-likeness (QED) is 0.0913. The van der Waals surface area contributed by atoms with Crippen LogP contribution in [0.2, 0.25) is 0 Å². The second kappa shape index (κ2) is 22.4. The first-order valence-corrected chi connectivity index (χ1v) is 24.8. The third-order valence-electron chi connectivity index (χ3n) is 9.23. The van der Waals surface area contributed by atoms with Crippen molar-refractivity contribution in [1.29, 1.82) is 31.6 Å². The lowest BCUT2D eigenvalue weighted by Crippen LogP contribution is -2.34. The highest BCUT2D eigenvalue weighted by Crippen LogP contribution is 2.38. The van der Waals surface area contributed by atoms with E-state index in [1.165, 1.54) is 60.7 Å².